The average Bonchev–Trinajstić information content (AvgIpc) is 2.82. The van der Waals surface area contributed by atoms with Crippen molar-refractivity contribution in [2.75, 3.05) is 31.6 Å². The summed E-state index contributed by atoms with van der Waals surface area (Å²) in [7, 11) is -0.438. The van der Waals surface area contributed by atoms with Crippen LogP contribution in [0.5, 0.6) is 0 Å². The molecular formula is C18H31BN4O3. The highest BCUT2D eigenvalue weighted by Crippen LogP contribution is 2.36. The van der Waals surface area contributed by atoms with E-state index in [4.69, 9.17) is 9.31 Å². The molecule has 3 heterocycles. The zero-order chi connectivity index (χ0) is 18.8. The Bertz CT molecular complexity index is 579. The number of aliphatic hydroxyl groups excluding tert-OH is 1. The zero-order valence-corrected chi connectivity index (χ0v) is 16.4. The van der Waals surface area contributed by atoms with Crippen molar-refractivity contribution in [2.24, 2.45) is 0 Å². The molecule has 0 bridgehead atoms. The lowest BCUT2D eigenvalue weighted by Gasteiger charge is -2.35. The average molecular weight is 362 g/mol. The Morgan fingerprint density at radius 3 is 2.46 bits per heavy atom. The molecule has 1 aromatic rings. The Morgan fingerprint density at radius 1 is 1.19 bits per heavy atom. The number of nitrogens with one attached hydrogen (secondary N) is 1. The summed E-state index contributed by atoms with van der Waals surface area (Å²) < 4.78 is 12.1. The molecule has 2 fully saturated rings. The molecule has 144 valence electrons. The molecule has 0 saturated carbocycles. The second-order valence-corrected chi connectivity index (χ2v) is 8.22. The number of hydrogen-bond donors (Lipinski definition) is 2. The minimum atomic E-state index is -0.438. The molecule has 7 nitrogen and oxygen atoms in total. The first-order chi connectivity index (χ1) is 12.3. The van der Waals surface area contributed by atoms with E-state index in [-0.39, 0.29) is 17.8 Å². The number of aromatic nitrogens is 2. The van der Waals surface area contributed by atoms with Crippen LogP contribution >= 0.6 is 0 Å². The molecule has 0 aliphatic carbocycles. The molecule has 0 radical (unpaired) electrons. The summed E-state index contributed by atoms with van der Waals surface area (Å²) in [5.74, 6) is 0.611. The molecule has 1 unspecified atom stereocenters. The van der Waals surface area contributed by atoms with Crippen molar-refractivity contribution in [3.63, 3.8) is 0 Å². The van der Waals surface area contributed by atoms with Crippen molar-refractivity contribution < 1.29 is 14.4 Å². The first-order valence-corrected chi connectivity index (χ1v) is 9.59. The van der Waals surface area contributed by atoms with Crippen molar-refractivity contribution in [2.45, 2.75) is 64.2 Å². The molecule has 2 aliphatic rings. The Balaban J connectivity index is 1.57. The Morgan fingerprint density at radius 2 is 1.85 bits per heavy atom. The first kappa shape index (κ1) is 19.5. The Labute approximate surface area is 156 Å². The highest BCUT2D eigenvalue weighted by Gasteiger charge is 2.51. The minimum absolute atomic E-state index is 0.204. The molecule has 2 N–H and O–H groups in total. The summed E-state index contributed by atoms with van der Waals surface area (Å²) in [6.07, 6.45) is 7.11. The van der Waals surface area contributed by atoms with Crippen LogP contribution in [-0.2, 0) is 9.31 Å². The van der Waals surface area contributed by atoms with Crippen LogP contribution in [0.3, 0.4) is 0 Å². The van der Waals surface area contributed by atoms with Crippen LogP contribution in [0.25, 0.3) is 0 Å². The summed E-state index contributed by atoms with van der Waals surface area (Å²) in [6, 6.07) is 0.419. The van der Waals surface area contributed by atoms with E-state index in [0.29, 0.717) is 12.0 Å². The predicted octanol–water partition coefficient (Wildman–Crippen LogP) is 1.03. The van der Waals surface area contributed by atoms with Crippen molar-refractivity contribution >= 4 is 18.5 Å². The smallest absolute Gasteiger partial charge is 0.399 e. The van der Waals surface area contributed by atoms with Gasteiger partial charge in [0.2, 0.25) is 5.95 Å². The van der Waals surface area contributed by atoms with Gasteiger partial charge in [0, 0.05) is 37.0 Å². The lowest BCUT2D eigenvalue weighted by atomic mass is 9.81. The molecule has 1 atom stereocenters. The van der Waals surface area contributed by atoms with Crippen LogP contribution in [0.4, 0.5) is 5.95 Å². The molecule has 3 rings (SSSR count). The van der Waals surface area contributed by atoms with Gasteiger partial charge >= 0.3 is 7.12 Å². The lowest BCUT2D eigenvalue weighted by Crippen LogP contribution is -2.45. The van der Waals surface area contributed by atoms with Gasteiger partial charge in [0.1, 0.15) is 0 Å². The molecule has 2 saturated heterocycles. The third-order valence-corrected chi connectivity index (χ3v) is 5.83. The number of anilines is 1. The van der Waals surface area contributed by atoms with Crippen LogP contribution in [0.2, 0.25) is 0 Å². The van der Waals surface area contributed by atoms with Crippen LogP contribution in [0.1, 0.15) is 47.0 Å². The van der Waals surface area contributed by atoms with E-state index in [1.165, 1.54) is 12.8 Å². The summed E-state index contributed by atoms with van der Waals surface area (Å²) >= 11 is 0. The maximum Gasteiger partial charge on any atom is 0.498 e. The second kappa shape index (κ2) is 7.80. The molecule has 1 aromatic heterocycles. The lowest BCUT2D eigenvalue weighted by molar-refractivity contribution is 0.00578. The fraction of sp³-hybridized carbons (Fsp3) is 0.778. The highest BCUT2D eigenvalue weighted by molar-refractivity contribution is 6.61. The fourth-order valence-electron chi connectivity index (χ4n) is 3.45. The summed E-state index contributed by atoms with van der Waals surface area (Å²) in [4.78, 5) is 11.2. The third kappa shape index (κ3) is 4.19. The standard InChI is InChI=1S/C18H31BN4O3/c1-17(2)18(3,4)26-19(25-17)14-11-20-16(21-12-14)22-13-15-7-5-6-8-23(15)9-10-24/h11-12,15,24H,5-10,13H2,1-4H3,(H,20,21,22). The summed E-state index contributed by atoms with van der Waals surface area (Å²) in [5, 5.41) is 12.5. The minimum Gasteiger partial charge on any atom is -0.399 e. The summed E-state index contributed by atoms with van der Waals surface area (Å²) in [6.45, 7) is 10.9. The van der Waals surface area contributed by atoms with Gasteiger partial charge in [0.25, 0.3) is 0 Å². The fourth-order valence-corrected chi connectivity index (χ4v) is 3.45. The SMILES string of the molecule is CC1(C)OB(c2cnc(NCC3CCCCN3CCO)nc2)OC1(C)C. The normalized spacial score (nSPS) is 25.4. The van der Waals surface area contributed by atoms with E-state index in [2.05, 4.69) is 20.2 Å². The zero-order valence-electron chi connectivity index (χ0n) is 16.4. The molecule has 2 aliphatic heterocycles. The van der Waals surface area contributed by atoms with Gasteiger partial charge in [-0.1, -0.05) is 6.42 Å². The molecule has 26 heavy (non-hydrogen) atoms. The van der Waals surface area contributed by atoms with E-state index < -0.39 is 7.12 Å². The van der Waals surface area contributed by atoms with E-state index in [0.717, 1.165) is 31.5 Å². The van der Waals surface area contributed by atoms with Gasteiger partial charge < -0.3 is 19.7 Å². The van der Waals surface area contributed by atoms with Gasteiger partial charge in [-0.3, -0.25) is 4.90 Å². The molecular weight excluding hydrogens is 331 g/mol. The number of aliphatic hydroxyl groups is 1. The topological polar surface area (TPSA) is 79.7 Å². The van der Waals surface area contributed by atoms with Crippen molar-refractivity contribution in [1.82, 2.24) is 14.9 Å². The van der Waals surface area contributed by atoms with Gasteiger partial charge in [-0.25, -0.2) is 9.97 Å². The molecule has 8 heteroatoms. The van der Waals surface area contributed by atoms with Crippen LogP contribution < -0.4 is 10.8 Å². The van der Waals surface area contributed by atoms with E-state index in [9.17, 15) is 5.11 Å². The molecule has 0 spiro atoms. The van der Waals surface area contributed by atoms with Crippen molar-refractivity contribution in [3.8, 4) is 0 Å². The quantitative estimate of drug-likeness (QED) is 0.732. The first-order valence-electron chi connectivity index (χ1n) is 9.59. The Kier molecular flexibility index (Phi) is 5.86. The van der Waals surface area contributed by atoms with E-state index in [1.54, 1.807) is 12.4 Å². The third-order valence-electron chi connectivity index (χ3n) is 5.83. The highest BCUT2D eigenvalue weighted by atomic mass is 16.7. The molecule has 0 amide bonds. The number of piperidine rings is 1. The van der Waals surface area contributed by atoms with Crippen LogP contribution in [0, 0.1) is 0 Å². The van der Waals surface area contributed by atoms with Gasteiger partial charge in [-0.15, -0.1) is 0 Å². The van der Waals surface area contributed by atoms with Crippen molar-refractivity contribution in [3.05, 3.63) is 12.4 Å². The summed E-state index contributed by atoms with van der Waals surface area (Å²) in [5.41, 5.74) is 0.0889. The van der Waals surface area contributed by atoms with E-state index in [1.807, 2.05) is 27.7 Å². The van der Waals surface area contributed by atoms with Gasteiger partial charge in [0.05, 0.1) is 17.8 Å². The molecule has 0 aromatic carbocycles. The van der Waals surface area contributed by atoms with Gasteiger partial charge in [-0.05, 0) is 47.1 Å². The predicted molar refractivity (Wildman–Crippen MR) is 103 cm³/mol. The number of hydrogen-bond acceptors (Lipinski definition) is 7. The number of likely N-dealkylation sites (tertiary alicyclic amines) is 1. The monoisotopic (exact) mass is 362 g/mol. The number of β-amino-alcohol motifs (C(OH)–C–C–N with tert-alkyl or cyclic N) is 1. The van der Waals surface area contributed by atoms with E-state index >= 15 is 0 Å². The van der Waals surface area contributed by atoms with Crippen molar-refractivity contribution in [1.29, 1.82) is 0 Å². The van der Waals surface area contributed by atoms with Gasteiger partial charge in [-0.2, -0.15) is 0 Å². The van der Waals surface area contributed by atoms with Crippen LogP contribution in [-0.4, -0.2) is 70.6 Å². The second-order valence-electron chi connectivity index (χ2n) is 8.22. The maximum absolute atomic E-state index is 9.22. The Hall–Kier alpha value is -1.22. The van der Waals surface area contributed by atoms with Gasteiger partial charge in [0.15, 0.2) is 0 Å². The maximum atomic E-state index is 9.22. The number of rotatable bonds is 6. The van der Waals surface area contributed by atoms with Crippen LogP contribution in [0.15, 0.2) is 12.4 Å². The largest absolute Gasteiger partial charge is 0.498 e. The number of nitrogens with zero attached hydrogens (tertiary/aromatic N) is 3.